The predicted octanol–water partition coefficient (Wildman–Crippen LogP) is 3.13. The highest BCUT2D eigenvalue weighted by atomic mass is 35.5. The van der Waals surface area contributed by atoms with Crippen molar-refractivity contribution in [1.82, 2.24) is 5.43 Å². The maximum absolute atomic E-state index is 11.5. The fourth-order valence-electron chi connectivity index (χ4n) is 1.41. The van der Waals surface area contributed by atoms with E-state index in [1.54, 1.807) is 54.8 Å². The van der Waals surface area contributed by atoms with Crippen LogP contribution in [-0.4, -0.2) is 18.7 Å². The highest BCUT2D eigenvalue weighted by Gasteiger charge is 2.03. The number of nitrogens with zero attached hydrogens (tertiary/aromatic N) is 1. The minimum atomic E-state index is -0.377. The Kier molecular flexibility index (Phi) is 5.60. The molecule has 0 bridgehead atoms. The van der Waals surface area contributed by atoms with Crippen molar-refractivity contribution in [1.29, 1.82) is 0 Å². The highest BCUT2D eigenvalue weighted by Crippen LogP contribution is 2.22. The fraction of sp³-hybridized carbons (Fsp3) is 0.0667. The topological polar surface area (TPSA) is 63.8 Å². The Labute approximate surface area is 126 Å². The van der Waals surface area contributed by atoms with E-state index in [-0.39, 0.29) is 12.5 Å². The van der Waals surface area contributed by atoms with E-state index in [4.69, 9.17) is 20.8 Å². The molecule has 2 aromatic rings. The van der Waals surface area contributed by atoms with E-state index < -0.39 is 0 Å². The van der Waals surface area contributed by atoms with E-state index >= 15 is 0 Å². The second-order valence-corrected chi connectivity index (χ2v) is 4.31. The Morgan fingerprint density at radius 1 is 1.33 bits per heavy atom. The van der Waals surface area contributed by atoms with Crippen LogP contribution in [0.25, 0.3) is 6.08 Å². The number of furan rings is 1. The van der Waals surface area contributed by atoms with Gasteiger partial charge in [0.05, 0.1) is 11.3 Å². The van der Waals surface area contributed by atoms with Gasteiger partial charge in [-0.15, -0.1) is 0 Å². The zero-order valence-corrected chi connectivity index (χ0v) is 11.8. The number of benzene rings is 1. The molecule has 0 saturated heterocycles. The average Bonchev–Trinajstić information content (AvgIpc) is 2.99. The van der Waals surface area contributed by atoms with Crippen LogP contribution in [0.5, 0.6) is 5.75 Å². The summed E-state index contributed by atoms with van der Waals surface area (Å²) in [5.74, 6) is 0.781. The molecule has 108 valence electrons. The lowest BCUT2D eigenvalue weighted by Crippen LogP contribution is -2.24. The normalized spacial score (nSPS) is 11.1. The summed E-state index contributed by atoms with van der Waals surface area (Å²) in [5, 5.41) is 4.19. The number of hydrogen-bond donors (Lipinski definition) is 1. The molecule has 6 heteroatoms. The molecule has 0 aliphatic carbocycles. The van der Waals surface area contributed by atoms with Gasteiger partial charge in [-0.2, -0.15) is 5.10 Å². The van der Waals surface area contributed by atoms with Gasteiger partial charge < -0.3 is 9.15 Å². The predicted molar refractivity (Wildman–Crippen MR) is 81.3 cm³/mol. The summed E-state index contributed by atoms with van der Waals surface area (Å²) >= 11 is 5.90. The Morgan fingerprint density at radius 2 is 2.19 bits per heavy atom. The van der Waals surface area contributed by atoms with Gasteiger partial charge in [0.2, 0.25) is 0 Å². The fourth-order valence-corrected chi connectivity index (χ4v) is 1.60. The van der Waals surface area contributed by atoms with Crippen LogP contribution in [0.15, 0.2) is 58.3 Å². The summed E-state index contributed by atoms with van der Waals surface area (Å²) < 4.78 is 10.4. The van der Waals surface area contributed by atoms with E-state index in [9.17, 15) is 4.79 Å². The highest BCUT2D eigenvalue weighted by molar-refractivity contribution is 6.32. The molecule has 1 aromatic heterocycles. The molecule has 0 radical (unpaired) electrons. The summed E-state index contributed by atoms with van der Waals surface area (Å²) in [7, 11) is 0. The van der Waals surface area contributed by atoms with Crippen molar-refractivity contribution in [3.8, 4) is 5.75 Å². The number of rotatable bonds is 6. The molecule has 0 unspecified atom stereocenters. The summed E-state index contributed by atoms with van der Waals surface area (Å²) in [5.41, 5.74) is 2.33. The lowest BCUT2D eigenvalue weighted by molar-refractivity contribution is -0.123. The van der Waals surface area contributed by atoms with E-state index in [0.717, 1.165) is 0 Å². The minimum absolute atomic E-state index is 0.164. The van der Waals surface area contributed by atoms with Gasteiger partial charge in [-0.05, 0) is 36.4 Å². The lowest BCUT2D eigenvalue weighted by Gasteiger charge is -2.05. The number of halogens is 1. The maximum Gasteiger partial charge on any atom is 0.277 e. The van der Waals surface area contributed by atoms with E-state index in [2.05, 4.69) is 10.5 Å². The van der Waals surface area contributed by atoms with Crippen molar-refractivity contribution in [2.45, 2.75) is 0 Å². The maximum atomic E-state index is 11.5. The zero-order valence-electron chi connectivity index (χ0n) is 11.0. The molecule has 1 aromatic carbocycles. The van der Waals surface area contributed by atoms with Crippen LogP contribution < -0.4 is 10.2 Å². The molecule has 0 aliphatic heterocycles. The van der Waals surface area contributed by atoms with Gasteiger partial charge in [-0.25, -0.2) is 5.43 Å². The number of hydrazone groups is 1. The van der Waals surface area contributed by atoms with Crippen molar-refractivity contribution in [2.75, 3.05) is 6.61 Å². The number of carbonyl (C=O) groups excluding carboxylic acids is 1. The van der Waals surface area contributed by atoms with Crippen molar-refractivity contribution >= 4 is 29.8 Å². The summed E-state index contributed by atoms with van der Waals surface area (Å²) in [6, 6.07) is 10.5. The quantitative estimate of drug-likeness (QED) is 0.658. The zero-order chi connectivity index (χ0) is 14.9. The number of carbonyl (C=O) groups is 1. The van der Waals surface area contributed by atoms with Crippen LogP contribution in [0.3, 0.4) is 0 Å². The molecule has 0 spiro atoms. The molecule has 0 atom stereocenters. The third-order valence-electron chi connectivity index (χ3n) is 2.35. The number of nitrogens with one attached hydrogen (secondary N) is 1. The average molecular weight is 305 g/mol. The number of amides is 1. The van der Waals surface area contributed by atoms with Gasteiger partial charge in [-0.3, -0.25) is 4.79 Å². The second kappa shape index (κ2) is 7.91. The Bertz CT molecular complexity index is 636. The van der Waals surface area contributed by atoms with E-state index in [1.807, 2.05) is 0 Å². The third kappa shape index (κ3) is 5.16. The van der Waals surface area contributed by atoms with Gasteiger partial charge in [0.25, 0.3) is 5.91 Å². The van der Waals surface area contributed by atoms with Gasteiger partial charge in [0.1, 0.15) is 11.5 Å². The largest absolute Gasteiger partial charge is 0.482 e. The van der Waals surface area contributed by atoms with Gasteiger partial charge in [-0.1, -0.05) is 23.7 Å². The third-order valence-corrected chi connectivity index (χ3v) is 2.66. The molecule has 2 rings (SSSR count). The molecule has 0 fully saturated rings. The number of para-hydroxylation sites is 1. The minimum Gasteiger partial charge on any atom is -0.482 e. The Hall–Kier alpha value is -2.53. The number of hydrogen-bond acceptors (Lipinski definition) is 4. The first-order valence-electron chi connectivity index (χ1n) is 6.15. The molecular formula is C15H13ClN2O3. The molecule has 1 heterocycles. The lowest BCUT2D eigenvalue weighted by atomic mass is 10.3. The second-order valence-electron chi connectivity index (χ2n) is 3.91. The van der Waals surface area contributed by atoms with Crippen molar-refractivity contribution in [2.24, 2.45) is 5.10 Å². The SMILES string of the molecule is O=C(COc1ccccc1Cl)N/N=C\C=C\c1ccco1. The number of ether oxygens (including phenoxy) is 1. The van der Waals surface area contributed by atoms with Crippen LogP contribution in [-0.2, 0) is 4.79 Å². The standard InChI is InChI=1S/C15H13ClN2O3/c16-13-7-1-2-8-14(13)21-11-15(19)18-17-9-3-5-12-6-4-10-20-12/h1-10H,11H2,(H,18,19)/b5-3+,17-9-. The first-order chi connectivity index (χ1) is 10.3. The summed E-state index contributed by atoms with van der Waals surface area (Å²) in [6.45, 7) is -0.164. The van der Waals surface area contributed by atoms with Crippen LogP contribution in [0.2, 0.25) is 5.02 Å². The first kappa shape index (κ1) is 14.9. The van der Waals surface area contributed by atoms with Crippen molar-refractivity contribution < 1.29 is 13.9 Å². The molecular weight excluding hydrogens is 292 g/mol. The van der Waals surface area contributed by atoms with Crippen LogP contribution in [0.4, 0.5) is 0 Å². The van der Waals surface area contributed by atoms with Gasteiger partial charge >= 0.3 is 0 Å². The van der Waals surface area contributed by atoms with Crippen LogP contribution in [0.1, 0.15) is 5.76 Å². The molecule has 0 saturated carbocycles. The van der Waals surface area contributed by atoms with E-state index in [0.29, 0.717) is 16.5 Å². The Balaban J connectivity index is 1.71. The molecule has 0 aliphatic rings. The first-order valence-corrected chi connectivity index (χ1v) is 6.53. The smallest absolute Gasteiger partial charge is 0.277 e. The monoisotopic (exact) mass is 304 g/mol. The van der Waals surface area contributed by atoms with Gasteiger partial charge in [0, 0.05) is 6.21 Å². The molecule has 1 N–H and O–H groups in total. The van der Waals surface area contributed by atoms with Crippen molar-refractivity contribution in [3.05, 3.63) is 59.5 Å². The summed E-state index contributed by atoms with van der Waals surface area (Å²) in [4.78, 5) is 11.5. The summed E-state index contributed by atoms with van der Waals surface area (Å²) in [6.07, 6.45) is 6.38. The molecule has 21 heavy (non-hydrogen) atoms. The van der Waals surface area contributed by atoms with Crippen LogP contribution >= 0.6 is 11.6 Å². The van der Waals surface area contributed by atoms with Gasteiger partial charge in [0.15, 0.2) is 6.61 Å². The molecule has 1 amide bonds. The van der Waals surface area contributed by atoms with Crippen LogP contribution in [0, 0.1) is 0 Å². The Morgan fingerprint density at radius 3 is 2.95 bits per heavy atom. The number of allylic oxidation sites excluding steroid dienone is 1. The van der Waals surface area contributed by atoms with Crippen molar-refractivity contribution in [3.63, 3.8) is 0 Å². The molecule has 5 nitrogen and oxygen atoms in total. The van der Waals surface area contributed by atoms with E-state index in [1.165, 1.54) is 6.21 Å².